The van der Waals surface area contributed by atoms with E-state index < -0.39 is 0 Å². The van der Waals surface area contributed by atoms with Gasteiger partial charge in [0.05, 0.1) is 13.2 Å². The summed E-state index contributed by atoms with van der Waals surface area (Å²) in [5.41, 5.74) is 2.20. The van der Waals surface area contributed by atoms with Gasteiger partial charge in [-0.25, -0.2) is 14.4 Å². The maximum Gasteiger partial charge on any atom is 0.191 e. The van der Waals surface area contributed by atoms with E-state index in [4.69, 9.17) is 9.73 Å². The second kappa shape index (κ2) is 13.3. The fraction of sp³-hybridized carbons (Fsp3) is 0.455. The molecule has 170 valence electrons. The normalized spacial score (nSPS) is 16.0. The Balaban J connectivity index is 0.00000341. The highest BCUT2D eigenvalue weighted by molar-refractivity contribution is 14.0. The van der Waals surface area contributed by atoms with E-state index in [0.717, 1.165) is 43.3 Å². The molecule has 3 N–H and O–H groups in total. The maximum atomic E-state index is 14.0. The summed E-state index contributed by atoms with van der Waals surface area (Å²) in [4.78, 5) is 10.9. The van der Waals surface area contributed by atoms with E-state index >= 15 is 0 Å². The van der Waals surface area contributed by atoms with Crippen LogP contribution in [0.5, 0.6) is 0 Å². The number of ether oxygens (including phenoxy) is 1. The first-order chi connectivity index (χ1) is 14.7. The van der Waals surface area contributed by atoms with Crippen molar-refractivity contribution in [3.63, 3.8) is 0 Å². The van der Waals surface area contributed by atoms with Crippen LogP contribution in [0, 0.1) is 5.82 Å². The molecule has 9 heteroatoms. The molecule has 0 amide bonds. The number of methoxy groups -OCH3 is 1. The van der Waals surface area contributed by atoms with Crippen molar-refractivity contribution in [3.8, 4) is 0 Å². The van der Waals surface area contributed by atoms with Crippen LogP contribution in [0.3, 0.4) is 0 Å². The van der Waals surface area contributed by atoms with Gasteiger partial charge < -0.3 is 25.6 Å². The number of hydrogen-bond acceptors (Lipinski definition) is 5. The fourth-order valence-electron chi connectivity index (χ4n) is 3.39. The highest BCUT2D eigenvalue weighted by atomic mass is 127. The van der Waals surface area contributed by atoms with Gasteiger partial charge in [-0.15, -0.1) is 24.0 Å². The van der Waals surface area contributed by atoms with E-state index in [2.05, 4.69) is 45.2 Å². The van der Waals surface area contributed by atoms with Gasteiger partial charge in [-0.3, -0.25) is 0 Å². The Morgan fingerprint density at radius 2 is 2.10 bits per heavy atom. The van der Waals surface area contributed by atoms with E-state index in [1.807, 2.05) is 11.8 Å². The summed E-state index contributed by atoms with van der Waals surface area (Å²) in [7, 11) is 1.69. The van der Waals surface area contributed by atoms with Crippen molar-refractivity contribution in [2.45, 2.75) is 25.9 Å². The first-order valence-corrected chi connectivity index (χ1v) is 10.4. The zero-order chi connectivity index (χ0) is 21.2. The van der Waals surface area contributed by atoms with E-state index in [9.17, 15) is 4.39 Å². The number of nitrogens with one attached hydrogen (secondary N) is 3. The van der Waals surface area contributed by atoms with Crippen LogP contribution in [0.25, 0.3) is 0 Å². The van der Waals surface area contributed by atoms with Crippen LogP contribution in [-0.4, -0.2) is 56.9 Å². The van der Waals surface area contributed by atoms with Gasteiger partial charge >= 0.3 is 0 Å². The molecule has 1 aromatic carbocycles. The molecule has 1 aliphatic rings. The molecule has 2 heterocycles. The van der Waals surface area contributed by atoms with Gasteiger partial charge in [0.2, 0.25) is 0 Å². The van der Waals surface area contributed by atoms with Crippen LogP contribution in [-0.2, 0) is 11.3 Å². The number of pyridine rings is 1. The molecule has 1 unspecified atom stereocenters. The third-order valence-corrected chi connectivity index (χ3v) is 4.92. The van der Waals surface area contributed by atoms with Crippen LogP contribution >= 0.6 is 24.0 Å². The van der Waals surface area contributed by atoms with Crippen molar-refractivity contribution < 1.29 is 9.13 Å². The molecule has 0 spiro atoms. The van der Waals surface area contributed by atoms with Crippen molar-refractivity contribution in [3.05, 3.63) is 54.0 Å². The average Bonchev–Trinajstić information content (AvgIpc) is 3.22. The number of nitrogens with zero attached hydrogens (tertiary/aromatic N) is 3. The van der Waals surface area contributed by atoms with Crippen LogP contribution in [0.1, 0.15) is 18.9 Å². The Morgan fingerprint density at radius 3 is 2.81 bits per heavy atom. The molecule has 7 nitrogen and oxygen atoms in total. The molecule has 0 bridgehead atoms. The summed E-state index contributed by atoms with van der Waals surface area (Å²) in [6.45, 7) is 6.32. The standard InChI is InChI=1S/C22H31FN6O.HI/c1-3-24-22(27-15-17-6-8-18(9-7-17)25-12-14-30-2)28-19-10-13-29(16-19)21-20(23)5-4-11-26-21;/h4-9,11,19,25H,3,10,12-16H2,1-2H3,(H2,24,27,28);1H. The summed E-state index contributed by atoms with van der Waals surface area (Å²) in [5, 5.41) is 10.1. The predicted octanol–water partition coefficient (Wildman–Crippen LogP) is 3.23. The SMILES string of the molecule is CCNC(=NCc1ccc(NCCOC)cc1)NC1CCN(c2ncccc2F)C1.I. The molecule has 31 heavy (non-hydrogen) atoms. The second-order valence-corrected chi connectivity index (χ2v) is 7.20. The Hall–Kier alpha value is -2.14. The number of anilines is 2. The fourth-order valence-corrected chi connectivity index (χ4v) is 3.39. The molecule has 0 aliphatic carbocycles. The lowest BCUT2D eigenvalue weighted by Crippen LogP contribution is -2.44. The molecule has 1 fully saturated rings. The molecule has 2 aromatic rings. The topological polar surface area (TPSA) is 73.8 Å². The molecule has 1 saturated heterocycles. The summed E-state index contributed by atoms with van der Waals surface area (Å²) < 4.78 is 19.1. The number of hydrogen-bond donors (Lipinski definition) is 3. The Morgan fingerprint density at radius 1 is 1.29 bits per heavy atom. The number of aliphatic imine (C=N–C) groups is 1. The minimum absolute atomic E-state index is 0. The zero-order valence-corrected chi connectivity index (χ0v) is 20.4. The van der Waals surface area contributed by atoms with Gasteiger partial charge in [0.25, 0.3) is 0 Å². The summed E-state index contributed by atoms with van der Waals surface area (Å²) in [6, 6.07) is 11.5. The van der Waals surface area contributed by atoms with Crippen molar-refractivity contribution in [2.24, 2.45) is 4.99 Å². The predicted molar refractivity (Wildman–Crippen MR) is 135 cm³/mol. The third kappa shape index (κ3) is 7.80. The Kier molecular flexibility index (Phi) is 10.8. The highest BCUT2D eigenvalue weighted by Crippen LogP contribution is 2.20. The Labute approximate surface area is 200 Å². The van der Waals surface area contributed by atoms with Crippen LogP contribution in [0.2, 0.25) is 0 Å². The minimum atomic E-state index is -0.279. The highest BCUT2D eigenvalue weighted by Gasteiger charge is 2.25. The van der Waals surface area contributed by atoms with Gasteiger partial charge in [-0.1, -0.05) is 12.1 Å². The molecule has 1 atom stereocenters. The lowest BCUT2D eigenvalue weighted by Gasteiger charge is -2.20. The number of aromatic nitrogens is 1. The summed E-state index contributed by atoms with van der Waals surface area (Å²) >= 11 is 0. The largest absolute Gasteiger partial charge is 0.383 e. The number of benzene rings is 1. The van der Waals surface area contributed by atoms with E-state index in [-0.39, 0.29) is 35.8 Å². The molecular formula is C22H32FIN6O. The molecule has 3 rings (SSSR count). The zero-order valence-electron chi connectivity index (χ0n) is 18.1. The van der Waals surface area contributed by atoms with Gasteiger partial charge in [0, 0.05) is 51.2 Å². The average molecular weight is 542 g/mol. The monoisotopic (exact) mass is 542 g/mol. The summed E-state index contributed by atoms with van der Waals surface area (Å²) in [5.74, 6) is 0.912. The van der Waals surface area contributed by atoms with Gasteiger partial charge in [-0.2, -0.15) is 0 Å². The smallest absolute Gasteiger partial charge is 0.191 e. The van der Waals surface area contributed by atoms with Gasteiger partial charge in [0.15, 0.2) is 17.6 Å². The van der Waals surface area contributed by atoms with E-state index in [0.29, 0.717) is 25.5 Å². The van der Waals surface area contributed by atoms with Gasteiger partial charge in [0.1, 0.15) is 0 Å². The lowest BCUT2D eigenvalue weighted by atomic mass is 10.2. The molecule has 0 radical (unpaired) electrons. The third-order valence-electron chi connectivity index (χ3n) is 4.92. The second-order valence-electron chi connectivity index (χ2n) is 7.20. The van der Waals surface area contributed by atoms with Crippen molar-refractivity contribution in [2.75, 3.05) is 50.1 Å². The van der Waals surface area contributed by atoms with Crippen LogP contribution in [0.15, 0.2) is 47.6 Å². The first kappa shape index (κ1) is 25.1. The number of rotatable bonds is 9. The number of halogens is 2. The molecule has 0 saturated carbocycles. The van der Waals surface area contributed by atoms with Crippen LogP contribution in [0.4, 0.5) is 15.9 Å². The molecular weight excluding hydrogens is 510 g/mol. The van der Waals surface area contributed by atoms with E-state index in [1.165, 1.54) is 6.07 Å². The Bertz CT molecular complexity index is 820. The number of guanidine groups is 1. The van der Waals surface area contributed by atoms with Crippen molar-refractivity contribution in [1.82, 2.24) is 15.6 Å². The minimum Gasteiger partial charge on any atom is -0.383 e. The van der Waals surface area contributed by atoms with Crippen LogP contribution < -0.4 is 20.9 Å². The maximum absolute atomic E-state index is 14.0. The van der Waals surface area contributed by atoms with Crippen molar-refractivity contribution in [1.29, 1.82) is 0 Å². The lowest BCUT2D eigenvalue weighted by molar-refractivity contribution is 0.211. The molecule has 1 aromatic heterocycles. The van der Waals surface area contributed by atoms with Gasteiger partial charge in [-0.05, 0) is 43.2 Å². The summed E-state index contributed by atoms with van der Waals surface area (Å²) in [6.07, 6.45) is 2.53. The van der Waals surface area contributed by atoms with E-state index in [1.54, 1.807) is 19.4 Å². The first-order valence-electron chi connectivity index (χ1n) is 10.4. The molecule has 1 aliphatic heterocycles. The quantitative estimate of drug-likeness (QED) is 0.196. The van der Waals surface area contributed by atoms with Crippen molar-refractivity contribution >= 4 is 41.4 Å².